The zero-order valence-corrected chi connectivity index (χ0v) is 17.5. The number of aliphatic imine (C=N–C) groups is 1. The zero-order valence-electron chi connectivity index (χ0n) is 16.7. The summed E-state index contributed by atoms with van der Waals surface area (Å²) in [5.74, 6) is -1.07. The number of nitrogens with zero attached hydrogens (tertiary/aromatic N) is 4. The van der Waals surface area contributed by atoms with Crippen molar-refractivity contribution >= 4 is 21.8 Å². The Morgan fingerprint density at radius 2 is 2.03 bits per heavy atom. The quantitative estimate of drug-likeness (QED) is 0.720. The minimum absolute atomic E-state index is 0.0212. The third-order valence-corrected chi connectivity index (χ3v) is 7.44. The molecule has 10 heteroatoms. The Morgan fingerprint density at radius 3 is 2.63 bits per heavy atom. The van der Waals surface area contributed by atoms with Gasteiger partial charge in [-0.1, -0.05) is 6.07 Å². The van der Waals surface area contributed by atoms with Crippen molar-refractivity contribution in [3.8, 4) is 0 Å². The smallest absolute Gasteiger partial charge is 0.239 e. The Morgan fingerprint density at radius 1 is 1.30 bits per heavy atom. The van der Waals surface area contributed by atoms with E-state index in [1.54, 1.807) is 6.20 Å². The number of guanidine groups is 1. The van der Waals surface area contributed by atoms with Gasteiger partial charge in [-0.15, -0.1) is 0 Å². The van der Waals surface area contributed by atoms with Crippen LogP contribution >= 0.6 is 0 Å². The molecule has 1 saturated carbocycles. The summed E-state index contributed by atoms with van der Waals surface area (Å²) < 4.78 is 40.3. The molecule has 0 saturated heterocycles. The number of hydrogen-bond acceptors (Lipinski definition) is 7. The highest BCUT2D eigenvalue weighted by molar-refractivity contribution is 7.89. The first-order valence-corrected chi connectivity index (χ1v) is 11.2. The Labute approximate surface area is 174 Å². The van der Waals surface area contributed by atoms with Gasteiger partial charge in [0.1, 0.15) is 17.1 Å². The summed E-state index contributed by atoms with van der Waals surface area (Å²) >= 11 is 0. The van der Waals surface area contributed by atoms with E-state index < -0.39 is 27.1 Å². The third-order valence-electron chi connectivity index (χ3n) is 5.49. The van der Waals surface area contributed by atoms with Crippen molar-refractivity contribution in [3.63, 3.8) is 0 Å². The van der Waals surface area contributed by atoms with Gasteiger partial charge in [-0.05, 0) is 37.5 Å². The number of carbonyl (C=O) groups excluding carboxylic acids is 1. The predicted molar refractivity (Wildman–Crippen MR) is 109 cm³/mol. The van der Waals surface area contributed by atoms with Crippen LogP contribution in [0.15, 0.2) is 35.6 Å². The first-order valence-electron chi connectivity index (χ1n) is 9.55. The molecule has 0 bridgehead atoms. The summed E-state index contributed by atoms with van der Waals surface area (Å²) in [5.41, 5.74) is 6.08. The molecule has 30 heavy (non-hydrogen) atoms. The van der Waals surface area contributed by atoms with Crippen molar-refractivity contribution in [2.45, 2.75) is 37.6 Å². The standard InChI is InChI=1S/C20H22FN5O3S/c1-20(11-30(28,29)26(2)19(22)25-20)14-7-12(3-6-15(14)21)8-18(27)17-10-23-16(9-24-17)13-4-5-13/h3,6-7,9-10,13H,4-5,8,11H2,1-2H3,(H2,22,25)/t20-/m0/s1. The summed E-state index contributed by atoms with van der Waals surface area (Å²) in [6.45, 7) is 1.51. The zero-order chi connectivity index (χ0) is 21.7. The average molecular weight is 431 g/mol. The van der Waals surface area contributed by atoms with Crippen molar-refractivity contribution in [2.75, 3.05) is 12.8 Å². The first kappa shape index (κ1) is 20.4. The van der Waals surface area contributed by atoms with Crippen molar-refractivity contribution in [2.24, 2.45) is 10.7 Å². The fourth-order valence-electron chi connectivity index (χ4n) is 3.53. The SMILES string of the molecule is CN1C(N)=N[C@](C)(c2cc(CC(=O)c3cnc(C4CC4)cn3)ccc2F)CS1(=O)=O. The van der Waals surface area contributed by atoms with Gasteiger partial charge in [-0.25, -0.2) is 27.1 Å². The number of aromatic nitrogens is 2. The second kappa shape index (κ2) is 7.12. The van der Waals surface area contributed by atoms with Gasteiger partial charge >= 0.3 is 0 Å². The maximum atomic E-state index is 14.6. The molecule has 1 fully saturated rings. The average Bonchev–Trinajstić information content (AvgIpc) is 3.52. The summed E-state index contributed by atoms with van der Waals surface area (Å²) in [5, 5.41) is 0. The van der Waals surface area contributed by atoms with Gasteiger partial charge in [0.05, 0.1) is 17.6 Å². The van der Waals surface area contributed by atoms with Crippen molar-refractivity contribution in [1.29, 1.82) is 0 Å². The number of ketones is 1. The van der Waals surface area contributed by atoms with Gasteiger partial charge in [0.15, 0.2) is 5.78 Å². The fourth-order valence-corrected chi connectivity index (χ4v) is 4.98. The second-order valence-corrected chi connectivity index (χ2v) is 9.98. The van der Waals surface area contributed by atoms with E-state index in [9.17, 15) is 17.6 Å². The van der Waals surface area contributed by atoms with E-state index in [0.717, 1.165) is 22.8 Å². The molecule has 1 aliphatic heterocycles. The van der Waals surface area contributed by atoms with Gasteiger partial charge in [-0.3, -0.25) is 9.78 Å². The molecule has 0 spiro atoms. The lowest BCUT2D eigenvalue weighted by molar-refractivity contribution is 0.0987. The van der Waals surface area contributed by atoms with E-state index in [1.165, 1.54) is 38.4 Å². The topological polar surface area (TPSA) is 119 Å². The molecule has 0 amide bonds. The van der Waals surface area contributed by atoms with E-state index >= 15 is 0 Å². The molecular weight excluding hydrogens is 409 g/mol. The lowest BCUT2D eigenvalue weighted by Crippen LogP contribution is -2.50. The number of hydrogen-bond donors (Lipinski definition) is 1. The van der Waals surface area contributed by atoms with Crippen LogP contribution in [0.5, 0.6) is 0 Å². The Balaban J connectivity index is 1.61. The highest BCUT2D eigenvalue weighted by Crippen LogP contribution is 2.38. The molecule has 2 aliphatic rings. The minimum Gasteiger partial charge on any atom is -0.369 e. The number of sulfonamides is 1. The van der Waals surface area contributed by atoms with E-state index in [2.05, 4.69) is 15.0 Å². The lowest BCUT2D eigenvalue weighted by atomic mass is 9.91. The van der Waals surface area contributed by atoms with Crippen molar-refractivity contribution in [3.05, 3.63) is 58.9 Å². The summed E-state index contributed by atoms with van der Waals surface area (Å²) in [7, 11) is -2.44. The monoisotopic (exact) mass is 431 g/mol. The highest BCUT2D eigenvalue weighted by Gasteiger charge is 2.41. The minimum atomic E-state index is -3.74. The van der Waals surface area contributed by atoms with Crippen LogP contribution in [0.1, 0.15) is 53.0 Å². The van der Waals surface area contributed by atoms with Crippen molar-refractivity contribution < 1.29 is 17.6 Å². The normalized spacial score (nSPS) is 23.2. The Kier molecular flexibility index (Phi) is 4.84. The second-order valence-electron chi connectivity index (χ2n) is 7.98. The number of halogens is 1. The van der Waals surface area contributed by atoms with E-state index in [1.807, 2.05) is 0 Å². The van der Waals surface area contributed by atoms with E-state index in [4.69, 9.17) is 5.73 Å². The van der Waals surface area contributed by atoms with Crippen LogP contribution in [0.2, 0.25) is 0 Å². The summed E-state index contributed by atoms with van der Waals surface area (Å²) in [6, 6.07) is 4.17. The maximum Gasteiger partial charge on any atom is 0.239 e. The van der Waals surface area contributed by atoms with Gasteiger partial charge in [-0.2, -0.15) is 0 Å². The first-order chi connectivity index (χ1) is 14.1. The van der Waals surface area contributed by atoms with Crippen molar-refractivity contribution in [1.82, 2.24) is 14.3 Å². The molecule has 2 aromatic rings. The van der Waals surface area contributed by atoms with Gasteiger partial charge in [0, 0.05) is 31.1 Å². The fraction of sp³-hybridized carbons (Fsp3) is 0.400. The molecular formula is C20H22FN5O3S. The Hall–Kier alpha value is -2.88. The van der Waals surface area contributed by atoms with Crippen LogP contribution in [0, 0.1) is 5.82 Å². The number of Topliss-reactive ketones (excluding diaryl/α,β-unsaturated/α-hetero) is 1. The molecule has 1 aromatic carbocycles. The van der Waals surface area contributed by atoms with Crippen LogP contribution in [0.4, 0.5) is 4.39 Å². The Bertz CT molecular complexity index is 1150. The molecule has 1 aromatic heterocycles. The number of rotatable bonds is 5. The van der Waals surface area contributed by atoms with Crippen LogP contribution in [0.3, 0.4) is 0 Å². The van der Waals surface area contributed by atoms with E-state index in [0.29, 0.717) is 11.5 Å². The third kappa shape index (κ3) is 3.79. The van der Waals surface area contributed by atoms with E-state index in [-0.39, 0.29) is 29.4 Å². The highest BCUT2D eigenvalue weighted by atomic mass is 32.2. The molecule has 2 heterocycles. The number of nitrogens with two attached hydrogens (primary N) is 1. The molecule has 2 N–H and O–H groups in total. The van der Waals surface area contributed by atoms with Crippen LogP contribution in [-0.2, 0) is 22.0 Å². The van der Waals surface area contributed by atoms with Crippen LogP contribution < -0.4 is 5.73 Å². The van der Waals surface area contributed by atoms with Crippen LogP contribution in [0.25, 0.3) is 0 Å². The largest absolute Gasteiger partial charge is 0.369 e. The van der Waals surface area contributed by atoms with Crippen LogP contribution in [-0.4, -0.2) is 47.2 Å². The molecule has 8 nitrogen and oxygen atoms in total. The van der Waals surface area contributed by atoms with Gasteiger partial charge < -0.3 is 5.73 Å². The summed E-state index contributed by atoms with van der Waals surface area (Å²) in [4.78, 5) is 25.4. The van der Waals surface area contributed by atoms with Gasteiger partial charge in [0.2, 0.25) is 16.0 Å². The molecule has 0 radical (unpaired) electrons. The lowest BCUT2D eigenvalue weighted by Gasteiger charge is -2.34. The predicted octanol–water partition coefficient (Wildman–Crippen LogP) is 1.72. The number of benzene rings is 1. The molecule has 1 atom stereocenters. The maximum absolute atomic E-state index is 14.6. The molecule has 1 aliphatic carbocycles. The number of carbonyl (C=O) groups is 1. The molecule has 4 rings (SSSR count). The molecule has 158 valence electrons. The summed E-state index contributed by atoms with van der Waals surface area (Å²) in [6.07, 6.45) is 5.26. The molecule has 0 unspecified atom stereocenters. The van der Waals surface area contributed by atoms with Gasteiger partial charge in [0.25, 0.3) is 0 Å².